The Hall–Kier alpha value is -3.66. The molecular formula is C24H22N2O2. The summed E-state index contributed by atoms with van der Waals surface area (Å²) in [5.41, 5.74) is 4.21. The zero-order chi connectivity index (χ0) is 19.9. The number of anilines is 1. The Morgan fingerprint density at radius 3 is 2.04 bits per heavy atom. The van der Waals surface area contributed by atoms with Gasteiger partial charge in [0.15, 0.2) is 0 Å². The van der Waals surface area contributed by atoms with Gasteiger partial charge in [-0.25, -0.2) is 0 Å². The van der Waals surface area contributed by atoms with Gasteiger partial charge in [-0.05, 0) is 38.1 Å². The lowest BCUT2D eigenvalue weighted by Crippen LogP contribution is -2.17. The number of hydrogen-bond acceptors (Lipinski definition) is 3. The van der Waals surface area contributed by atoms with Crippen LogP contribution in [0.15, 0.2) is 89.4 Å². The summed E-state index contributed by atoms with van der Waals surface area (Å²) in [5, 5.41) is 13.5. The maximum Gasteiger partial charge on any atom is 0.261 e. The summed E-state index contributed by atoms with van der Waals surface area (Å²) in [6.45, 7) is 3.97. The van der Waals surface area contributed by atoms with Gasteiger partial charge in [0.1, 0.15) is 11.3 Å². The number of amides is 1. The molecule has 0 aromatic heterocycles. The Morgan fingerprint density at radius 2 is 1.43 bits per heavy atom. The van der Waals surface area contributed by atoms with Crippen LogP contribution < -0.4 is 5.32 Å². The van der Waals surface area contributed by atoms with Gasteiger partial charge in [0.2, 0.25) is 0 Å². The summed E-state index contributed by atoms with van der Waals surface area (Å²) in [7, 11) is 0. The SMILES string of the molecule is Cc1ccc(N=CC(C(=O)Nc2ccc(C)cc2)=C(O)c2ccccc2)cc1. The Morgan fingerprint density at radius 1 is 0.857 bits per heavy atom. The van der Waals surface area contributed by atoms with Gasteiger partial charge in [0, 0.05) is 17.5 Å². The number of aliphatic imine (C=N–C) groups is 1. The molecule has 28 heavy (non-hydrogen) atoms. The number of nitrogens with one attached hydrogen (secondary N) is 1. The number of nitrogens with zero attached hydrogens (tertiary/aromatic N) is 1. The molecule has 0 aliphatic carbocycles. The van der Waals surface area contributed by atoms with Crippen molar-refractivity contribution in [1.29, 1.82) is 0 Å². The molecule has 0 heterocycles. The smallest absolute Gasteiger partial charge is 0.261 e. The van der Waals surface area contributed by atoms with Gasteiger partial charge in [0.25, 0.3) is 5.91 Å². The van der Waals surface area contributed by atoms with E-state index in [2.05, 4.69) is 10.3 Å². The van der Waals surface area contributed by atoms with Gasteiger partial charge in [-0.2, -0.15) is 0 Å². The molecule has 0 saturated carbocycles. The van der Waals surface area contributed by atoms with Crippen LogP contribution in [0, 0.1) is 13.8 Å². The number of benzene rings is 3. The second kappa shape index (κ2) is 8.82. The van der Waals surface area contributed by atoms with E-state index in [4.69, 9.17) is 0 Å². The Labute approximate surface area is 164 Å². The number of carbonyl (C=O) groups is 1. The number of aryl methyl sites for hydroxylation is 2. The third-order valence-corrected chi connectivity index (χ3v) is 4.23. The summed E-state index contributed by atoms with van der Waals surface area (Å²) in [6.07, 6.45) is 1.40. The molecule has 4 heteroatoms. The van der Waals surface area contributed by atoms with Crippen molar-refractivity contribution in [2.24, 2.45) is 4.99 Å². The summed E-state index contributed by atoms with van der Waals surface area (Å²) in [6, 6.07) is 24.0. The molecule has 0 saturated heterocycles. The second-order valence-corrected chi connectivity index (χ2v) is 6.54. The summed E-state index contributed by atoms with van der Waals surface area (Å²) < 4.78 is 0. The molecule has 0 radical (unpaired) electrons. The van der Waals surface area contributed by atoms with Crippen molar-refractivity contribution in [3.63, 3.8) is 0 Å². The van der Waals surface area contributed by atoms with Gasteiger partial charge in [0.05, 0.1) is 5.69 Å². The number of hydrogen-bond donors (Lipinski definition) is 2. The molecule has 1 amide bonds. The first-order valence-corrected chi connectivity index (χ1v) is 9.00. The number of aliphatic hydroxyl groups is 1. The fourth-order valence-electron chi connectivity index (χ4n) is 2.58. The van der Waals surface area contributed by atoms with Crippen molar-refractivity contribution < 1.29 is 9.90 Å². The molecule has 140 valence electrons. The maximum atomic E-state index is 12.9. The lowest BCUT2D eigenvalue weighted by atomic mass is 10.1. The number of carbonyl (C=O) groups excluding carboxylic acids is 1. The minimum Gasteiger partial charge on any atom is -0.506 e. The van der Waals surface area contributed by atoms with Crippen LogP contribution in [0.4, 0.5) is 11.4 Å². The van der Waals surface area contributed by atoms with E-state index >= 15 is 0 Å². The highest BCUT2D eigenvalue weighted by Gasteiger charge is 2.15. The molecule has 4 nitrogen and oxygen atoms in total. The average Bonchev–Trinajstić information content (AvgIpc) is 2.72. The van der Waals surface area contributed by atoms with Crippen LogP contribution in [-0.4, -0.2) is 17.2 Å². The van der Waals surface area contributed by atoms with Crippen molar-refractivity contribution in [1.82, 2.24) is 0 Å². The zero-order valence-electron chi connectivity index (χ0n) is 15.9. The van der Waals surface area contributed by atoms with Crippen molar-refractivity contribution in [2.75, 3.05) is 5.32 Å². The van der Waals surface area contributed by atoms with Crippen LogP contribution in [0.5, 0.6) is 0 Å². The van der Waals surface area contributed by atoms with Crippen LogP contribution in [0.1, 0.15) is 16.7 Å². The van der Waals surface area contributed by atoms with Gasteiger partial charge in [-0.15, -0.1) is 0 Å². The van der Waals surface area contributed by atoms with E-state index in [0.29, 0.717) is 16.9 Å². The van der Waals surface area contributed by atoms with Crippen LogP contribution in [0.3, 0.4) is 0 Å². The molecular weight excluding hydrogens is 348 g/mol. The van der Waals surface area contributed by atoms with E-state index in [9.17, 15) is 9.90 Å². The molecule has 0 aliphatic rings. The maximum absolute atomic E-state index is 12.9. The van der Waals surface area contributed by atoms with Crippen molar-refractivity contribution in [3.8, 4) is 0 Å². The lowest BCUT2D eigenvalue weighted by molar-refractivity contribution is -0.112. The lowest BCUT2D eigenvalue weighted by Gasteiger charge is -2.09. The van der Waals surface area contributed by atoms with Gasteiger partial charge in [-0.1, -0.05) is 65.7 Å². The molecule has 0 bridgehead atoms. The topological polar surface area (TPSA) is 61.7 Å². The van der Waals surface area contributed by atoms with Crippen LogP contribution in [0.2, 0.25) is 0 Å². The quantitative estimate of drug-likeness (QED) is 0.348. The molecule has 0 spiro atoms. The van der Waals surface area contributed by atoms with E-state index in [1.807, 2.05) is 68.4 Å². The third-order valence-electron chi connectivity index (χ3n) is 4.23. The summed E-state index contributed by atoms with van der Waals surface area (Å²) in [5.74, 6) is -0.554. The highest BCUT2D eigenvalue weighted by Crippen LogP contribution is 2.19. The summed E-state index contributed by atoms with van der Waals surface area (Å²) in [4.78, 5) is 17.2. The fourth-order valence-corrected chi connectivity index (χ4v) is 2.58. The number of aliphatic hydroxyl groups excluding tert-OH is 1. The zero-order valence-corrected chi connectivity index (χ0v) is 15.9. The fraction of sp³-hybridized carbons (Fsp3) is 0.0833. The molecule has 0 atom stereocenters. The standard InChI is InChI=1S/C24H22N2O2/c1-17-8-12-20(13-9-17)25-16-22(23(27)19-6-4-3-5-7-19)24(28)26-21-14-10-18(2)11-15-21/h3-16,27H,1-2H3,(H,26,28). The minimum atomic E-state index is -0.430. The van der Waals surface area contributed by atoms with E-state index in [1.54, 1.807) is 24.3 Å². The first kappa shape index (κ1) is 19.1. The Kier molecular flexibility index (Phi) is 6.02. The van der Waals surface area contributed by atoms with E-state index < -0.39 is 5.91 Å². The molecule has 3 rings (SSSR count). The Bertz CT molecular complexity index is 1000. The van der Waals surface area contributed by atoms with Crippen molar-refractivity contribution in [2.45, 2.75) is 13.8 Å². The highest BCUT2D eigenvalue weighted by molar-refractivity contribution is 6.22. The van der Waals surface area contributed by atoms with Crippen molar-refractivity contribution >= 4 is 29.3 Å². The predicted octanol–water partition coefficient (Wildman–Crippen LogP) is 5.61. The monoisotopic (exact) mass is 370 g/mol. The van der Waals surface area contributed by atoms with E-state index in [0.717, 1.165) is 11.1 Å². The van der Waals surface area contributed by atoms with Crippen LogP contribution in [-0.2, 0) is 4.79 Å². The first-order valence-electron chi connectivity index (χ1n) is 9.00. The van der Waals surface area contributed by atoms with Crippen molar-refractivity contribution in [3.05, 3.63) is 101 Å². The highest BCUT2D eigenvalue weighted by atomic mass is 16.3. The van der Waals surface area contributed by atoms with E-state index in [-0.39, 0.29) is 11.3 Å². The second-order valence-electron chi connectivity index (χ2n) is 6.54. The molecule has 0 fully saturated rings. The van der Waals surface area contributed by atoms with Crippen LogP contribution >= 0.6 is 0 Å². The summed E-state index contributed by atoms with van der Waals surface area (Å²) >= 11 is 0. The minimum absolute atomic E-state index is 0.0901. The molecule has 2 N–H and O–H groups in total. The van der Waals surface area contributed by atoms with Gasteiger partial charge in [-0.3, -0.25) is 9.79 Å². The van der Waals surface area contributed by atoms with Crippen LogP contribution in [0.25, 0.3) is 5.76 Å². The molecule has 0 unspecified atom stereocenters. The number of rotatable bonds is 5. The largest absolute Gasteiger partial charge is 0.506 e. The average molecular weight is 370 g/mol. The molecule has 0 aliphatic heterocycles. The molecule has 3 aromatic rings. The van der Waals surface area contributed by atoms with Gasteiger partial charge >= 0.3 is 0 Å². The normalized spacial score (nSPS) is 11.9. The predicted molar refractivity (Wildman–Crippen MR) is 115 cm³/mol. The first-order chi connectivity index (χ1) is 13.5. The van der Waals surface area contributed by atoms with E-state index in [1.165, 1.54) is 6.21 Å². The third kappa shape index (κ3) is 4.95. The molecule has 3 aromatic carbocycles. The van der Waals surface area contributed by atoms with Gasteiger partial charge < -0.3 is 10.4 Å². The Balaban J connectivity index is 1.95.